The van der Waals surface area contributed by atoms with Crippen molar-refractivity contribution in [1.82, 2.24) is 10.3 Å². The minimum absolute atomic E-state index is 0.0159. The van der Waals surface area contributed by atoms with Crippen LogP contribution < -0.4 is 25.8 Å². The molecule has 1 fully saturated rings. The molecule has 0 aliphatic heterocycles. The van der Waals surface area contributed by atoms with Crippen LogP contribution >= 0.6 is 11.6 Å². The zero-order chi connectivity index (χ0) is 28.7. The average molecular weight is 549 g/mol. The first-order chi connectivity index (χ1) is 18.3. The Labute approximate surface area is 231 Å². The van der Waals surface area contributed by atoms with Crippen LogP contribution in [0.3, 0.4) is 0 Å². The number of nitriles is 1. The summed E-state index contributed by atoms with van der Waals surface area (Å²) in [4.78, 5) is 28.7. The highest BCUT2D eigenvalue weighted by atomic mass is 35.5. The van der Waals surface area contributed by atoms with Crippen molar-refractivity contribution in [2.75, 3.05) is 11.9 Å². The third-order valence-electron chi connectivity index (χ3n) is 7.41. The van der Waals surface area contributed by atoms with Crippen LogP contribution in [-0.2, 0) is 0 Å². The van der Waals surface area contributed by atoms with Gasteiger partial charge in [-0.15, -0.1) is 0 Å². The molecule has 0 spiro atoms. The molecule has 1 aromatic heterocycles. The number of ether oxygens (including phenoxy) is 2. The molecule has 3 aromatic rings. The fourth-order valence-electron chi connectivity index (χ4n) is 4.48. The molecule has 1 saturated carbocycles. The first kappa shape index (κ1) is 28.1. The van der Waals surface area contributed by atoms with E-state index in [4.69, 9.17) is 32.1 Å². The molecule has 0 bridgehead atoms. The topological polar surface area (TPSA) is 139 Å². The standard InChI is InChI=1S/C23H22B4ClF2N5O4/c24-22(25)20(23(22,26)27)35-21(37)34-13-7-11(29)18(17(30)16(13)28)39-14-2-4-33-12-8-15(38-5-1-3-31)10(19(32)36)6-9(12)14/h2,4,6-8,20H,1,5,24-27H2,(H2,32,36)(H2,34,35,37). The number of carbonyl (C=O) groups is 2. The molecule has 4 rings (SSSR count). The van der Waals surface area contributed by atoms with Crippen molar-refractivity contribution >= 4 is 71.5 Å². The van der Waals surface area contributed by atoms with Crippen molar-refractivity contribution in [2.24, 2.45) is 5.73 Å². The van der Waals surface area contributed by atoms with Gasteiger partial charge in [0, 0.05) is 29.8 Å². The van der Waals surface area contributed by atoms with E-state index in [1.54, 1.807) is 0 Å². The summed E-state index contributed by atoms with van der Waals surface area (Å²) in [7, 11) is 8.03. The van der Waals surface area contributed by atoms with Gasteiger partial charge in [0.25, 0.3) is 5.91 Å². The van der Waals surface area contributed by atoms with Gasteiger partial charge in [0.1, 0.15) is 54.5 Å². The summed E-state index contributed by atoms with van der Waals surface area (Å²) in [5.74, 6) is -3.96. The van der Waals surface area contributed by atoms with Gasteiger partial charge in [-0.3, -0.25) is 9.78 Å². The van der Waals surface area contributed by atoms with Gasteiger partial charge >= 0.3 is 6.03 Å². The van der Waals surface area contributed by atoms with Crippen molar-refractivity contribution in [3.63, 3.8) is 0 Å². The fourth-order valence-corrected chi connectivity index (χ4v) is 4.66. The second kappa shape index (κ2) is 10.3. The molecule has 16 heteroatoms. The molecule has 39 heavy (non-hydrogen) atoms. The second-order valence-corrected chi connectivity index (χ2v) is 10.6. The maximum absolute atomic E-state index is 15.2. The number of rotatable bonds is 8. The number of nitrogens with zero attached hydrogens (tertiary/aromatic N) is 2. The number of anilines is 1. The van der Waals surface area contributed by atoms with E-state index in [-0.39, 0.29) is 63.1 Å². The van der Waals surface area contributed by atoms with Gasteiger partial charge in [0.05, 0.1) is 29.3 Å². The highest BCUT2D eigenvalue weighted by Gasteiger charge is 2.63. The maximum atomic E-state index is 15.2. The van der Waals surface area contributed by atoms with Gasteiger partial charge in [0.15, 0.2) is 17.4 Å². The van der Waals surface area contributed by atoms with Crippen LogP contribution in [0.15, 0.2) is 30.5 Å². The quantitative estimate of drug-likeness (QED) is 0.214. The van der Waals surface area contributed by atoms with Crippen molar-refractivity contribution in [1.29, 1.82) is 5.26 Å². The Morgan fingerprint density at radius 3 is 2.49 bits per heavy atom. The Bertz CT molecular complexity index is 1540. The first-order valence-electron chi connectivity index (χ1n) is 11.9. The van der Waals surface area contributed by atoms with Gasteiger partial charge in [-0.2, -0.15) is 5.26 Å². The van der Waals surface area contributed by atoms with Crippen molar-refractivity contribution < 1.29 is 27.8 Å². The molecular weight excluding hydrogens is 527 g/mol. The highest BCUT2D eigenvalue weighted by Crippen LogP contribution is 2.67. The normalized spacial score (nSPS) is 15.2. The minimum atomic E-state index is -1.24. The second-order valence-electron chi connectivity index (χ2n) is 10.2. The lowest BCUT2D eigenvalue weighted by Crippen LogP contribution is -2.34. The zero-order valence-electron chi connectivity index (χ0n) is 21.6. The number of nitrogens with one attached hydrogen (secondary N) is 2. The molecule has 0 atom stereocenters. The first-order valence-corrected chi connectivity index (χ1v) is 12.3. The molecule has 3 amide bonds. The molecule has 1 aliphatic carbocycles. The van der Waals surface area contributed by atoms with Crippen molar-refractivity contribution in [3.05, 3.63) is 52.7 Å². The number of hydrogen-bond acceptors (Lipinski definition) is 6. The summed E-state index contributed by atoms with van der Waals surface area (Å²) in [5, 5.41) is 13.3. The Morgan fingerprint density at radius 2 is 1.87 bits per heavy atom. The summed E-state index contributed by atoms with van der Waals surface area (Å²) < 4.78 is 41.3. The lowest BCUT2D eigenvalue weighted by Gasteiger charge is -2.16. The summed E-state index contributed by atoms with van der Waals surface area (Å²) in [6.07, 6.45) is 1.41. The predicted molar refractivity (Wildman–Crippen MR) is 153 cm³/mol. The summed E-state index contributed by atoms with van der Waals surface area (Å²) in [5.41, 5.74) is 5.44. The number of pyridine rings is 1. The number of carbonyl (C=O) groups excluding carboxylic acids is 2. The van der Waals surface area contributed by atoms with E-state index in [9.17, 15) is 9.59 Å². The summed E-state index contributed by atoms with van der Waals surface area (Å²) >= 11 is 6.13. The van der Waals surface area contributed by atoms with E-state index >= 15 is 8.78 Å². The molecule has 0 radical (unpaired) electrons. The van der Waals surface area contributed by atoms with Crippen LogP contribution in [0.2, 0.25) is 15.5 Å². The number of primary amides is 1. The molecule has 1 aliphatic rings. The van der Waals surface area contributed by atoms with Crippen LogP contribution in [0, 0.1) is 23.0 Å². The van der Waals surface area contributed by atoms with Gasteiger partial charge in [0.2, 0.25) is 0 Å². The highest BCUT2D eigenvalue weighted by molar-refractivity contribution is 6.61. The number of amides is 3. The van der Waals surface area contributed by atoms with Gasteiger partial charge in [-0.1, -0.05) is 22.0 Å². The number of fused-ring (bicyclic) bond motifs is 1. The third-order valence-corrected chi connectivity index (χ3v) is 7.78. The number of nitrogens with two attached hydrogens (primary N) is 1. The van der Waals surface area contributed by atoms with E-state index in [0.29, 0.717) is 0 Å². The number of halogens is 3. The zero-order valence-corrected chi connectivity index (χ0v) is 22.4. The monoisotopic (exact) mass is 549 g/mol. The van der Waals surface area contributed by atoms with Gasteiger partial charge in [-0.05, 0) is 12.1 Å². The molecular formula is C23H22B4ClF2N5O4. The fraction of sp³-hybridized carbons (Fsp3) is 0.217. The van der Waals surface area contributed by atoms with Crippen LogP contribution in [0.4, 0.5) is 19.3 Å². The average Bonchev–Trinajstić information content (AvgIpc) is 3.26. The van der Waals surface area contributed by atoms with Gasteiger partial charge in [-0.25, -0.2) is 13.6 Å². The SMILES string of the molecule is BC1(B)C(NC(=O)Nc2cc(F)c(Oc3ccnc4cc(OCCC#N)c(C(N)=O)cc34)c(F)c2Cl)C1(B)B. The molecule has 9 nitrogen and oxygen atoms in total. The van der Waals surface area contributed by atoms with Crippen molar-refractivity contribution in [2.45, 2.75) is 22.9 Å². The van der Waals surface area contributed by atoms with E-state index in [1.807, 2.05) is 37.5 Å². The Hall–Kier alpha value is -3.91. The van der Waals surface area contributed by atoms with E-state index in [0.717, 1.165) is 6.07 Å². The molecule has 1 heterocycles. The molecule has 2 aromatic carbocycles. The number of aromatic nitrogens is 1. The third kappa shape index (κ3) is 5.21. The number of benzene rings is 2. The van der Waals surface area contributed by atoms with Gasteiger partial charge < -0.3 is 25.8 Å². The van der Waals surface area contributed by atoms with Crippen LogP contribution in [0.1, 0.15) is 16.8 Å². The summed E-state index contributed by atoms with van der Waals surface area (Å²) in [6, 6.07) is 6.06. The Kier molecular flexibility index (Phi) is 7.45. The Balaban J connectivity index is 1.62. The molecule has 0 saturated heterocycles. The van der Waals surface area contributed by atoms with E-state index < -0.39 is 34.3 Å². The summed E-state index contributed by atoms with van der Waals surface area (Å²) in [6.45, 7) is 0.0159. The number of hydrogen-bond donors (Lipinski definition) is 3. The van der Waals surface area contributed by atoms with Crippen molar-refractivity contribution in [3.8, 4) is 23.3 Å². The van der Waals surface area contributed by atoms with Crippen LogP contribution in [0.25, 0.3) is 10.9 Å². The molecule has 4 N–H and O–H groups in total. The number of urea groups is 1. The maximum Gasteiger partial charge on any atom is 0.319 e. The largest absolute Gasteiger partial charge is 0.492 e. The molecule has 0 unspecified atom stereocenters. The Morgan fingerprint density at radius 1 is 1.18 bits per heavy atom. The smallest absolute Gasteiger partial charge is 0.319 e. The molecule has 196 valence electrons. The predicted octanol–water partition coefficient (Wildman–Crippen LogP) is 0.619. The van der Waals surface area contributed by atoms with E-state index in [2.05, 4.69) is 15.6 Å². The lowest BCUT2D eigenvalue weighted by molar-refractivity contribution is 0.0996. The lowest BCUT2D eigenvalue weighted by atomic mass is 9.49. The van der Waals surface area contributed by atoms with E-state index in [1.165, 1.54) is 24.4 Å². The minimum Gasteiger partial charge on any atom is -0.492 e. The van der Waals surface area contributed by atoms with Crippen LogP contribution in [0.5, 0.6) is 17.2 Å². The van der Waals surface area contributed by atoms with Crippen LogP contribution in [-0.4, -0.2) is 61.0 Å².